The summed E-state index contributed by atoms with van der Waals surface area (Å²) in [6, 6.07) is 4.52. The molecule has 19 heavy (non-hydrogen) atoms. The Labute approximate surface area is 106 Å². The van der Waals surface area contributed by atoms with Crippen LogP contribution >= 0.6 is 0 Å². The van der Waals surface area contributed by atoms with Crippen molar-refractivity contribution in [2.45, 2.75) is 19.4 Å². The van der Waals surface area contributed by atoms with Gasteiger partial charge >= 0.3 is 6.18 Å². The monoisotopic (exact) mass is 273 g/mol. The molecule has 0 aliphatic heterocycles. The summed E-state index contributed by atoms with van der Waals surface area (Å²) in [5.74, 6) is 0.250. The maximum absolute atomic E-state index is 12.5. The number of ether oxygens (including phenoxy) is 1. The molecular weight excluding hydrogens is 263 g/mol. The maximum Gasteiger partial charge on any atom is 0.416 e. The fraction of sp³-hybridized carbons (Fsp3) is 0.250. The summed E-state index contributed by atoms with van der Waals surface area (Å²) in [6.07, 6.45) is -3.16. The molecule has 1 aromatic carbocycles. The third kappa shape index (κ3) is 3.47. The second kappa shape index (κ2) is 5.31. The fourth-order valence-corrected chi connectivity index (χ4v) is 1.40. The van der Waals surface area contributed by atoms with Gasteiger partial charge in [-0.05, 0) is 18.2 Å². The van der Waals surface area contributed by atoms with Crippen LogP contribution in [0.4, 0.5) is 13.2 Å². The first kappa shape index (κ1) is 13.4. The average molecular weight is 273 g/mol. The molecule has 0 saturated heterocycles. The number of benzene rings is 1. The Morgan fingerprint density at radius 1 is 1.32 bits per heavy atom. The molecule has 0 fully saturated rings. The lowest BCUT2D eigenvalue weighted by Crippen LogP contribution is -2.05. The molecule has 0 spiro atoms. The summed E-state index contributed by atoms with van der Waals surface area (Å²) in [5.41, 5.74) is -0.448. The average Bonchev–Trinajstić information content (AvgIpc) is 2.84. The van der Waals surface area contributed by atoms with E-state index in [-0.39, 0.29) is 24.9 Å². The van der Waals surface area contributed by atoms with Crippen LogP contribution in [0, 0.1) is 0 Å². The molecule has 2 rings (SSSR count). The number of nitrogens with zero attached hydrogens (tertiary/aromatic N) is 1. The van der Waals surface area contributed by atoms with E-state index in [0.29, 0.717) is 5.69 Å². The molecule has 1 N–H and O–H groups in total. The SMILES string of the molecule is OCc1coc(COc2cccc(C(F)(F)F)c2)n1. The quantitative estimate of drug-likeness (QED) is 0.930. The van der Waals surface area contributed by atoms with E-state index in [9.17, 15) is 13.2 Å². The first-order chi connectivity index (χ1) is 8.99. The highest BCUT2D eigenvalue weighted by Gasteiger charge is 2.30. The molecule has 0 aliphatic rings. The van der Waals surface area contributed by atoms with Crippen LogP contribution in [0.5, 0.6) is 5.75 Å². The topological polar surface area (TPSA) is 55.5 Å². The number of aliphatic hydroxyl groups is 1. The number of aliphatic hydroxyl groups excluding tert-OH is 1. The fourth-order valence-electron chi connectivity index (χ4n) is 1.40. The predicted octanol–water partition coefficient (Wildman–Crippen LogP) is 2.76. The Morgan fingerprint density at radius 2 is 2.11 bits per heavy atom. The van der Waals surface area contributed by atoms with Gasteiger partial charge in [0.2, 0.25) is 5.89 Å². The number of rotatable bonds is 4. The minimum Gasteiger partial charge on any atom is -0.484 e. The second-order valence-corrected chi connectivity index (χ2v) is 3.70. The van der Waals surface area contributed by atoms with Gasteiger partial charge in [-0.25, -0.2) is 4.98 Å². The molecule has 4 nitrogen and oxygen atoms in total. The van der Waals surface area contributed by atoms with E-state index in [0.717, 1.165) is 12.1 Å². The van der Waals surface area contributed by atoms with Crippen LogP contribution in [0.2, 0.25) is 0 Å². The van der Waals surface area contributed by atoms with Crippen molar-refractivity contribution in [3.05, 3.63) is 47.7 Å². The zero-order valence-corrected chi connectivity index (χ0v) is 9.65. The van der Waals surface area contributed by atoms with Gasteiger partial charge in [0.25, 0.3) is 0 Å². The molecule has 0 radical (unpaired) electrons. The van der Waals surface area contributed by atoms with E-state index in [2.05, 4.69) is 4.98 Å². The molecule has 0 unspecified atom stereocenters. The molecule has 2 aromatic rings. The molecule has 0 saturated carbocycles. The first-order valence-electron chi connectivity index (χ1n) is 5.33. The van der Waals surface area contributed by atoms with E-state index < -0.39 is 11.7 Å². The van der Waals surface area contributed by atoms with Crippen molar-refractivity contribution in [2.75, 3.05) is 0 Å². The lowest BCUT2D eigenvalue weighted by molar-refractivity contribution is -0.137. The van der Waals surface area contributed by atoms with E-state index in [1.807, 2.05) is 0 Å². The van der Waals surface area contributed by atoms with Gasteiger partial charge in [0, 0.05) is 0 Å². The summed E-state index contributed by atoms with van der Waals surface area (Å²) in [5, 5.41) is 8.77. The number of halogens is 3. The van der Waals surface area contributed by atoms with Gasteiger partial charge in [0.05, 0.1) is 12.2 Å². The third-order valence-electron chi connectivity index (χ3n) is 2.28. The second-order valence-electron chi connectivity index (χ2n) is 3.70. The van der Waals surface area contributed by atoms with E-state index in [1.165, 1.54) is 18.4 Å². The number of aromatic nitrogens is 1. The standard InChI is InChI=1S/C12H10F3NO3/c13-12(14,15)8-2-1-3-10(4-8)18-7-11-16-9(5-17)6-19-11/h1-4,6,17H,5,7H2. The van der Waals surface area contributed by atoms with Gasteiger partial charge in [-0.3, -0.25) is 0 Å². The summed E-state index contributed by atoms with van der Waals surface area (Å²) >= 11 is 0. The molecule has 7 heteroatoms. The van der Waals surface area contributed by atoms with Crippen molar-refractivity contribution in [3.63, 3.8) is 0 Å². The van der Waals surface area contributed by atoms with Gasteiger partial charge in [-0.15, -0.1) is 0 Å². The van der Waals surface area contributed by atoms with Gasteiger partial charge in [-0.1, -0.05) is 6.07 Å². The zero-order chi connectivity index (χ0) is 13.9. The highest BCUT2D eigenvalue weighted by atomic mass is 19.4. The lowest BCUT2D eigenvalue weighted by Gasteiger charge is -2.09. The van der Waals surface area contributed by atoms with Crippen molar-refractivity contribution < 1.29 is 27.4 Å². The minimum atomic E-state index is -4.41. The highest BCUT2D eigenvalue weighted by molar-refractivity contribution is 5.30. The third-order valence-corrected chi connectivity index (χ3v) is 2.28. The Bertz CT molecular complexity index is 551. The van der Waals surface area contributed by atoms with Crippen LogP contribution in [0.1, 0.15) is 17.1 Å². The largest absolute Gasteiger partial charge is 0.484 e. The summed E-state index contributed by atoms with van der Waals surface area (Å²) < 4.78 is 47.5. The van der Waals surface area contributed by atoms with E-state index in [1.54, 1.807) is 0 Å². The van der Waals surface area contributed by atoms with Crippen LogP contribution in [0.3, 0.4) is 0 Å². The zero-order valence-electron chi connectivity index (χ0n) is 9.65. The molecule has 0 atom stereocenters. The van der Waals surface area contributed by atoms with Gasteiger partial charge in [0.1, 0.15) is 17.7 Å². The maximum atomic E-state index is 12.5. The minimum absolute atomic E-state index is 0.0681. The predicted molar refractivity (Wildman–Crippen MR) is 58.2 cm³/mol. The van der Waals surface area contributed by atoms with Crippen molar-refractivity contribution in [3.8, 4) is 5.75 Å². The number of hydrogen-bond donors (Lipinski definition) is 1. The van der Waals surface area contributed by atoms with Crippen molar-refractivity contribution >= 4 is 0 Å². The normalized spacial score (nSPS) is 11.6. The van der Waals surface area contributed by atoms with E-state index in [4.69, 9.17) is 14.3 Å². The molecule has 0 aliphatic carbocycles. The van der Waals surface area contributed by atoms with Crippen LogP contribution in [-0.4, -0.2) is 10.1 Å². The Kier molecular flexibility index (Phi) is 3.75. The molecule has 1 aromatic heterocycles. The molecule has 1 heterocycles. The Morgan fingerprint density at radius 3 is 2.74 bits per heavy atom. The molecule has 102 valence electrons. The smallest absolute Gasteiger partial charge is 0.416 e. The van der Waals surface area contributed by atoms with E-state index >= 15 is 0 Å². The van der Waals surface area contributed by atoms with Gasteiger partial charge < -0.3 is 14.3 Å². The van der Waals surface area contributed by atoms with Crippen LogP contribution in [-0.2, 0) is 19.4 Å². The summed E-state index contributed by atoms with van der Waals surface area (Å²) in [6.45, 7) is -0.381. The molecular formula is C12H10F3NO3. The van der Waals surface area contributed by atoms with Crippen LogP contribution < -0.4 is 4.74 Å². The lowest BCUT2D eigenvalue weighted by atomic mass is 10.2. The van der Waals surface area contributed by atoms with Crippen molar-refractivity contribution in [1.29, 1.82) is 0 Å². The first-order valence-corrected chi connectivity index (χ1v) is 5.33. The molecule has 0 bridgehead atoms. The number of oxazole rings is 1. The summed E-state index contributed by atoms with van der Waals surface area (Å²) in [4.78, 5) is 3.85. The van der Waals surface area contributed by atoms with Crippen molar-refractivity contribution in [1.82, 2.24) is 4.98 Å². The Hall–Kier alpha value is -2.02. The Balaban J connectivity index is 2.03. The van der Waals surface area contributed by atoms with Gasteiger partial charge in [-0.2, -0.15) is 13.2 Å². The molecule has 0 amide bonds. The number of hydrogen-bond acceptors (Lipinski definition) is 4. The number of alkyl halides is 3. The van der Waals surface area contributed by atoms with Crippen LogP contribution in [0.25, 0.3) is 0 Å². The summed E-state index contributed by atoms with van der Waals surface area (Å²) in [7, 11) is 0. The highest BCUT2D eigenvalue weighted by Crippen LogP contribution is 2.31. The van der Waals surface area contributed by atoms with Crippen LogP contribution in [0.15, 0.2) is 34.9 Å². The van der Waals surface area contributed by atoms with Gasteiger partial charge in [0.15, 0.2) is 6.61 Å². The van der Waals surface area contributed by atoms with Crippen molar-refractivity contribution in [2.24, 2.45) is 0 Å².